The number of carbonyl (C=O) groups excluding carboxylic acids is 2. The van der Waals surface area contributed by atoms with Gasteiger partial charge < -0.3 is 19.5 Å². The van der Waals surface area contributed by atoms with Crippen LogP contribution in [0.4, 0.5) is 16.2 Å². The highest BCUT2D eigenvalue weighted by Gasteiger charge is 2.29. The molecule has 0 bridgehead atoms. The highest BCUT2D eigenvalue weighted by Crippen LogP contribution is 2.37. The number of esters is 1. The SMILES string of the molecule is CCOC(=O)C1CNc2cccc(NC(=O)OC(C)(C)C)c2O1. The van der Waals surface area contributed by atoms with Gasteiger partial charge in [-0.2, -0.15) is 0 Å². The Balaban J connectivity index is 2.15. The smallest absolute Gasteiger partial charge is 0.412 e. The van der Waals surface area contributed by atoms with Crippen LogP contribution in [0.1, 0.15) is 27.7 Å². The number of benzene rings is 1. The molecule has 0 fully saturated rings. The molecule has 1 aromatic rings. The van der Waals surface area contributed by atoms with E-state index >= 15 is 0 Å². The maximum Gasteiger partial charge on any atom is 0.412 e. The van der Waals surface area contributed by atoms with Gasteiger partial charge in [-0.25, -0.2) is 9.59 Å². The number of rotatable bonds is 3. The van der Waals surface area contributed by atoms with E-state index in [0.717, 1.165) is 0 Å². The summed E-state index contributed by atoms with van der Waals surface area (Å²) < 4.78 is 15.9. The molecule has 1 aliphatic rings. The first-order valence-electron chi connectivity index (χ1n) is 7.50. The molecule has 7 nitrogen and oxygen atoms in total. The number of para-hydroxylation sites is 1. The van der Waals surface area contributed by atoms with E-state index in [1.807, 2.05) is 0 Å². The molecule has 2 rings (SSSR count). The van der Waals surface area contributed by atoms with Crippen LogP contribution in [0, 0.1) is 0 Å². The van der Waals surface area contributed by atoms with Gasteiger partial charge in [0.1, 0.15) is 5.60 Å². The number of ether oxygens (including phenoxy) is 3. The first-order valence-corrected chi connectivity index (χ1v) is 7.50. The highest BCUT2D eigenvalue weighted by atomic mass is 16.6. The number of fused-ring (bicyclic) bond motifs is 1. The molecular formula is C16H22N2O5. The van der Waals surface area contributed by atoms with Crippen molar-refractivity contribution in [2.45, 2.75) is 39.4 Å². The van der Waals surface area contributed by atoms with Crippen molar-refractivity contribution < 1.29 is 23.8 Å². The van der Waals surface area contributed by atoms with Crippen molar-refractivity contribution in [2.75, 3.05) is 23.8 Å². The van der Waals surface area contributed by atoms with Crippen LogP contribution in [0.3, 0.4) is 0 Å². The lowest BCUT2D eigenvalue weighted by Crippen LogP contribution is -2.39. The number of hydrogen-bond donors (Lipinski definition) is 2. The van der Waals surface area contributed by atoms with E-state index in [4.69, 9.17) is 14.2 Å². The summed E-state index contributed by atoms with van der Waals surface area (Å²) in [6, 6.07) is 5.25. The summed E-state index contributed by atoms with van der Waals surface area (Å²) in [7, 11) is 0. The summed E-state index contributed by atoms with van der Waals surface area (Å²) in [5.74, 6) is -0.0552. The molecule has 1 atom stereocenters. The lowest BCUT2D eigenvalue weighted by molar-refractivity contribution is -0.150. The minimum atomic E-state index is -0.760. The fraction of sp³-hybridized carbons (Fsp3) is 0.500. The second kappa shape index (κ2) is 6.76. The van der Waals surface area contributed by atoms with Crippen molar-refractivity contribution >= 4 is 23.4 Å². The van der Waals surface area contributed by atoms with Crippen LogP contribution < -0.4 is 15.4 Å². The second-order valence-corrected chi connectivity index (χ2v) is 6.05. The minimum Gasteiger partial charge on any atom is -0.472 e. The fourth-order valence-corrected chi connectivity index (χ4v) is 2.07. The summed E-state index contributed by atoms with van der Waals surface area (Å²) in [4.78, 5) is 23.8. The van der Waals surface area contributed by atoms with Crippen LogP contribution in [0.15, 0.2) is 18.2 Å². The summed E-state index contributed by atoms with van der Waals surface area (Å²) in [6.07, 6.45) is -1.35. The first kappa shape index (κ1) is 16.9. The molecule has 0 spiro atoms. The van der Waals surface area contributed by atoms with E-state index < -0.39 is 23.8 Å². The molecule has 0 aromatic heterocycles. The van der Waals surface area contributed by atoms with E-state index in [9.17, 15) is 9.59 Å². The summed E-state index contributed by atoms with van der Waals surface area (Å²) in [6.45, 7) is 7.66. The Morgan fingerprint density at radius 1 is 1.39 bits per heavy atom. The summed E-state index contributed by atoms with van der Waals surface area (Å²) in [5, 5.41) is 5.74. The van der Waals surface area contributed by atoms with Crippen molar-refractivity contribution in [3.05, 3.63) is 18.2 Å². The molecule has 0 aliphatic carbocycles. The maximum atomic E-state index is 11.9. The van der Waals surface area contributed by atoms with Crippen LogP contribution in [0.25, 0.3) is 0 Å². The number of amides is 1. The van der Waals surface area contributed by atoms with Gasteiger partial charge in [-0.05, 0) is 39.8 Å². The third-order valence-electron chi connectivity index (χ3n) is 2.94. The van der Waals surface area contributed by atoms with Gasteiger partial charge in [0.25, 0.3) is 0 Å². The zero-order valence-electron chi connectivity index (χ0n) is 13.8. The van der Waals surface area contributed by atoms with E-state index in [0.29, 0.717) is 23.7 Å². The van der Waals surface area contributed by atoms with Crippen molar-refractivity contribution in [1.82, 2.24) is 0 Å². The molecule has 1 unspecified atom stereocenters. The Kier molecular flexibility index (Phi) is 4.98. The van der Waals surface area contributed by atoms with Crippen LogP contribution in [-0.2, 0) is 14.3 Å². The number of hydrogen-bond acceptors (Lipinski definition) is 6. The molecule has 1 aliphatic heterocycles. The molecule has 1 heterocycles. The Morgan fingerprint density at radius 3 is 2.78 bits per heavy atom. The standard InChI is InChI=1S/C16H22N2O5/c1-5-21-14(19)12-9-17-10-7-6-8-11(13(10)22-12)18-15(20)23-16(2,3)4/h6-8,12,17H,5,9H2,1-4H3,(H,18,20). The predicted octanol–water partition coefficient (Wildman–Crippen LogP) is 2.77. The molecule has 1 aromatic carbocycles. The quantitative estimate of drug-likeness (QED) is 0.832. The van der Waals surface area contributed by atoms with Gasteiger partial charge in [-0.15, -0.1) is 0 Å². The van der Waals surface area contributed by atoms with Crippen LogP contribution >= 0.6 is 0 Å². The Labute approximate surface area is 135 Å². The molecule has 1 amide bonds. The predicted molar refractivity (Wildman–Crippen MR) is 85.8 cm³/mol. The highest BCUT2D eigenvalue weighted by molar-refractivity contribution is 5.90. The van der Waals surface area contributed by atoms with E-state index in [-0.39, 0.29) is 6.61 Å². The average molecular weight is 322 g/mol. The topological polar surface area (TPSA) is 85.9 Å². The molecule has 2 N–H and O–H groups in total. The Bertz CT molecular complexity index is 595. The van der Waals surface area contributed by atoms with Crippen molar-refractivity contribution in [3.63, 3.8) is 0 Å². The van der Waals surface area contributed by atoms with Gasteiger partial charge in [0, 0.05) is 0 Å². The van der Waals surface area contributed by atoms with Crippen LogP contribution in [0.5, 0.6) is 5.75 Å². The van der Waals surface area contributed by atoms with E-state index in [1.165, 1.54) is 0 Å². The Hall–Kier alpha value is -2.44. The Morgan fingerprint density at radius 2 is 2.13 bits per heavy atom. The molecule has 0 saturated heterocycles. The van der Waals surface area contributed by atoms with E-state index in [1.54, 1.807) is 45.9 Å². The zero-order valence-corrected chi connectivity index (χ0v) is 13.8. The molecule has 7 heteroatoms. The van der Waals surface area contributed by atoms with Crippen molar-refractivity contribution in [1.29, 1.82) is 0 Å². The third-order valence-corrected chi connectivity index (χ3v) is 2.94. The summed E-state index contributed by atoms with van der Waals surface area (Å²) >= 11 is 0. The normalized spacial score (nSPS) is 16.4. The van der Waals surface area contributed by atoms with Gasteiger partial charge in [0.2, 0.25) is 6.10 Å². The number of carbonyl (C=O) groups is 2. The second-order valence-electron chi connectivity index (χ2n) is 6.05. The zero-order chi connectivity index (χ0) is 17.0. The molecule has 0 radical (unpaired) electrons. The van der Waals surface area contributed by atoms with Gasteiger partial charge >= 0.3 is 12.1 Å². The molecule has 126 valence electrons. The number of nitrogens with one attached hydrogen (secondary N) is 2. The minimum absolute atomic E-state index is 0.281. The van der Waals surface area contributed by atoms with Gasteiger partial charge in [-0.3, -0.25) is 5.32 Å². The molecule has 23 heavy (non-hydrogen) atoms. The van der Waals surface area contributed by atoms with Gasteiger partial charge in [0.15, 0.2) is 5.75 Å². The van der Waals surface area contributed by atoms with E-state index in [2.05, 4.69) is 10.6 Å². The maximum absolute atomic E-state index is 11.9. The lowest BCUT2D eigenvalue weighted by Gasteiger charge is -2.28. The largest absolute Gasteiger partial charge is 0.472 e. The lowest BCUT2D eigenvalue weighted by atomic mass is 10.2. The fourth-order valence-electron chi connectivity index (χ4n) is 2.07. The average Bonchev–Trinajstić information content (AvgIpc) is 2.45. The van der Waals surface area contributed by atoms with Crippen molar-refractivity contribution in [3.8, 4) is 5.75 Å². The molecular weight excluding hydrogens is 300 g/mol. The van der Waals surface area contributed by atoms with Crippen LogP contribution in [0.2, 0.25) is 0 Å². The number of anilines is 2. The van der Waals surface area contributed by atoms with Crippen molar-refractivity contribution in [2.24, 2.45) is 0 Å². The monoisotopic (exact) mass is 322 g/mol. The van der Waals surface area contributed by atoms with Crippen LogP contribution in [-0.4, -0.2) is 36.9 Å². The van der Waals surface area contributed by atoms with Gasteiger partial charge in [-0.1, -0.05) is 6.07 Å². The first-order chi connectivity index (χ1) is 10.8. The molecule has 0 saturated carbocycles. The van der Waals surface area contributed by atoms with Gasteiger partial charge in [0.05, 0.1) is 24.5 Å². The third kappa shape index (κ3) is 4.51. The summed E-state index contributed by atoms with van der Waals surface area (Å²) in [5.41, 5.74) is 0.517.